The lowest BCUT2D eigenvalue weighted by atomic mass is 10.2. The van der Waals surface area contributed by atoms with Gasteiger partial charge in [-0.3, -0.25) is 0 Å². The molecule has 19 heavy (non-hydrogen) atoms. The van der Waals surface area contributed by atoms with E-state index in [-0.39, 0.29) is 12.5 Å². The van der Waals surface area contributed by atoms with E-state index in [1.54, 1.807) is 0 Å². The lowest BCUT2D eigenvalue weighted by Gasteiger charge is -2.13. The number of aliphatic hydroxyl groups is 1. The first-order valence-electron chi connectivity index (χ1n) is 6.94. The molecule has 0 bridgehead atoms. The molecule has 3 atom stereocenters. The number of aliphatic hydroxyl groups excluding tert-OH is 1. The van der Waals surface area contributed by atoms with E-state index in [1.807, 2.05) is 12.2 Å². The van der Waals surface area contributed by atoms with Crippen molar-refractivity contribution in [2.75, 3.05) is 39.6 Å². The minimum atomic E-state index is 0.0505. The Bertz CT molecular complexity index is 255. The molecule has 0 radical (unpaired) electrons. The lowest BCUT2D eigenvalue weighted by Crippen LogP contribution is -2.16. The van der Waals surface area contributed by atoms with Crippen molar-refractivity contribution in [2.45, 2.75) is 18.9 Å². The van der Waals surface area contributed by atoms with Gasteiger partial charge in [-0.05, 0) is 12.8 Å². The van der Waals surface area contributed by atoms with E-state index in [1.165, 1.54) is 0 Å². The smallest absolute Gasteiger partial charge is 0.0698 e. The van der Waals surface area contributed by atoms with Crippen molar-refractivity contribution >= 4 is 0 Å². The number of hydrogen-bond donors (Lipinski definition) is 1. The monoisotopic (exact) mass is 270 g/mol. The number of hydrogen-bond acceptors (Lipinski definition) is 4. The van der Waals surface area contributed by atoms with Gasteiger partial charge < -0.3 is 19.3 Å². The average molecular weight is 270 g/mol. The van der Waals surface area contributed by atoms with Gasteiger partial charge in [-0.15, -0.1) is 13.2 Å². The van der Waals surface area contributed by atoms with Crippen molar-refractivity contribution in [1.82, 2.24) is 0 Å². The molecule has 1 aliphatic rings. The summed E-state index contributed by atoms with van der Waals surface area (Å²) in [4.78, 5) is 0. The van der Waals surface area contributed by atoms with Crippen LogP contribution in [-0.4, -0.2) is 50.9 Å². The Balaban J connectivity index is 1.88. The molecule has 0 heterocycles. The summed E-state index contributed by atoms with van der Waals surface area (Å²) in [6.45, 7) is 10.5. The minimum absolute atomic E-state index is 0.0505. The van der Waals surface area contributed by atoms with Crippen LogP contribution in [0.4, 0.5) is 0 Å². The fourth-order valence-electron chi connectivity index (χ4n) is 1.74. The molecular formula is C15H26O4. The highest BCUT2D eigenvalue weighted by atomic mass is 16.5. The Labute approximate surface area is 116 Å². The highest BCUT2D eigenvalue weighted by Gasteiger charge is 2.34. The van der Waals surface area contributed by atoms with Crippen molar-refractivity contribution in [2.24, 2.45) is 11.8 Å². The van der Waals surface area contributed by atoms with Gasteiger partial charge in [-0.25, -0.2) is 0 Å². The van der Waals surface area contributed by atoms with Crippen LogP contribution in [0.5, 0.6) is 0 Å². The van der Waals surface area contributed by atoms with Crippen molar-refractivity contribution in [3.8, 4) is 0 Å². The van der Waals surface area contributed by atoms with Crippen LogP contribution in [0.3, 0.4) is 0 Å². The molecule has 0 aliphatic heterocycles. The first-order chi connectivity index (χ1) is 9.31. The van der Waals surface area contributed by atoms with Crippen LogP contribution in [0.1, 0.15) is 12.8 Å². The third-order valence-electron chi connectivity index (χ3n) is 3.08. The maximum atomic E-state index is 8.61. The molecule has 1 rings (SSSR count). The van der Waals surface area contributed by atoms with Gasteiger partial charge in [-0.2, -0.15) is 0 Å². The Morgan fingerprint density at radius 3 is 2.47 bits per heavy atom. The van der Waals surface area contributed by atoms with Gasteiger partial charge in [0.15, 0.2) is 0 Å². The molecule has 0 aromatic heterocycles. The zero-order valence-electron chi connectivity index (χ0n) is 11.6. The highest BCUT2D eigenvalue weighted by Crippen LogP contribution is 2.34. The molecule has 1 N–H and O–H groups in total. The molecule has 0 aromatic rings. The Hall–Kier alpha value is -0.680. The van der Waals surface area contributed by atoms with Gasteiger partial charge in [0, 0.05) is 25.0 Å². The van der Waals surface area contributed by atoms with Crippen LogP contribution in [0.15, 0.2) is 25.3 Å². The zero-order valence-corrected chi connectivity index (χ0v) is 11.6. The van der Waals surface area contributed by atoms with Crippen LogP contribution < -0.4 is 0 Å². The second-order valence-corrected chi connectivity index (χ2v) is 4.77. The summed E-state index contributed by atoms with van der Waals surface area (Å²) < 4.78 is 16.4. The molecule has 3 unspecified atom stereocenters. The van der Waals surface area contributed by atoms with Crippen LogP contribution in [0.2, 0.25) is 0 Å². The fourth-order valence-corrected chi connectivity index (χ4v) is 1.74. The van der Waals surface area contributed by atoms with E-state index >= 15 is 0 Å². The maximum absolute atomic E-state index is 8.61. The molecule has 0 saturated heterocycles. The predicted molar refractivity (Wildman–Crippen MR) is 75.1 cm³/mol. The summed E-state index contributed by atoms with van der Waals surface area (Å²) in [6, 6.07) is 0. The second kappa shape index (κ2) is 10.1. The van der Waals surface area contributed by atoms with E-state index in [0.29, 0.717) is 38.4 Å². The minimum Gasteiger partial charge on any atom is -0.394 e. The van der Waals surface area contributed by atoms with Crippen molar-refractivity contribution in [3.63, 3.8) is 0 Å². The van der Waals surface area contributed by atoms with Crippen LogP contribution in [0, 0.1) is 11.8 Å². The Kier molecular flexibility index (Phi) is 8.75. The van der Waals surface area contributed by atoms with Crippen LogP contribution in [0.25, 0.3) is 0 Å². The SMILES string of the molecule is C=CC(COCCO)COCCCOC1CC1C=C. The van der Waals surface area contributed by atoms with Crippen LogP contribution >= 0.6 is 0 Å². The van der Waals surface area contributed by atoms with E-state index < -0.39 is 0 Å². The molecule has 110 valence electrons. The van der Waals surface area contributed by atoms with Crippen molar-refractivity contribution < 1.29 is 19.3 Å². The maximum Gasteiger partial charge on any atom is 0.0698 e. The van der Waals surface area contributed by atoms with Crippen LogP contribution in [-0.2, 0) is 14.2 Å². The van der Waals surface area contributed by atoms with E-state index in [0.717, 1.165) is 19.4 Å². The van der Waals surface area contributed by atoms with Crippen molar-refractivity contribution in [3.05, 3.63) is 25.3 Å². The first kappa shape index (κ1) is 16.4. The average Bonchev–Trinajstić information content (AvgIpc) is 3.19. The third kappa shape index (κ3) is 7.47. The van der Waals surface area contributed by atoms with E-state index in [4.69, 9.17) is 19.3 Å². The normalized spacial score (nSPS) is 23.0. The first-order valence-corrected chi connectivity index (χ1v) is 6.94. The Morgan fingerprint density at radius 2 is 1.89 bits per heavy atom. The summed E-state index contributed by atoms with van der Waals surface area (Å²) >= 11 is 0. The molecule has 4 nitrogen and oxygen atoms in total. The largest absolute Gasteiger partial charge is 0.394 e. The van der Waals surface area contributed by atoms with Gasteiger partial charge in [0.2, 0.25) is 0 Å². The van der Waals surface area contributed by atoms with Gasteiger partial charge in [-0.1, -0.05) is 12.2 Å². The standard InChI is InChI=1S/C15H26O4/c1-3-13(12-18-9-6-16)11-17-7-5-8-19-15-10-14(15)4-2/h3-4,13-16H,1-2,5-12H2. The summed E-state index contributed by atoms with van der Waals surface area (Å²) in [5.41, 5.74) is 0. The molecule has 1 saturated carbocycles. The highest BCUT2D eigenvalue weighted by molar-refractivity contribution is 4.99. The molecule has 1 fully saturated rings. The number of rotatable bonds is 13. The van der Waals surface area contributed by atoms with Gasteiger partial charge in [0.1, 0.15) is 0 Å². The summed E-state index contributed by atoms with van der Waals surface area (Å²) in [7, 11) is 0. The van der Waals surface area contributed by atoms with Crippen molar-refractivity contribution in [1.29, 1.82) is 0 Å². The molecule has 1 aliphatic carbocycles. The summed E-state index contributed by atoms with van der Waals surface area (Å²) in [6.07, 6.45) is 6.20. The zero-order chi connectivity index (χ0) is 13.9. The molecular weight excluding hydrogens is 244 g/mol. The Morgan fingerprint density at radius 1 is 1.16 bits per heavy atom. The van der Waals surface area contributed by atoms with Gasteiger partial charge in [0.05, 0.1) is 32.5 Å². The predicted octanol–water partition coefficient (Wildman–Crippen LogP) is 1.80. The van der Waals surface area contributed by atoms with Gasteiger partial charge in [0.25, 0.3) is 0 Å². The van der Waals surface area contributed by atoms with E-state index in [2.05, 4.69) is 13.2 Å². The summed E-state index contributed by atoms with van der Waals surface area (Å²) in [5, 5.41) is 8.61. The molecule has 0 amide bonds. The topological polar surface area (TPSA) is 47.9 Å². The quantitative estimate of drug-likeness (QED) is 0.409. The second-order valence-electron chi connectivity index (χ2n) is 4.77. The van der Waals surface area contributed by atoms with E-state index in [9.17, 15) is 0 Å². The fraction of sp³-hybridized carbons (Fsp3) is 0.733. The molecule has 0 aromatic carbocycles. The third-order valence-corrected chi connectivity index (χ3v) is 3.08. The van der Waals surface area contributed by atoms with Gasteiger partial charge >= 0.3 is 0 Å². The number of ether oxygens (including phenoxy) is 3. The molecule has 0 spiro atoms. The lowest BCUT2D eigenvalue weighted by molar-refractivity contribution is 0.0309. The summed E-state index contributed by atoms with van der Waals surface area (Å²) in [5.74, 6) is 0.746. The molecule has 4 heteroatoms.